The molecular formula is C14H6BrN3O2. The monoisotopic (exact) mass is 327 g/mol. The van der Waals surface area contributed by atoms with E-state index in [0.29, 0.717) is 22.2 Å². The van der Waals surface area contributed by atoms with Crippen molar-refractivity contribution in [1.82, 2.24) is 14.5 Å². The molecule has 0 saturated carbocycles. The number of nitrogens with zero attached hydrogens (tertiary/aromatic N) is 3. The van der Waals surface area contributed by atoms with Gasteiger partial charge in [0, 0.05) is 16.9 Å². The molecule has 0 aliphatic carbocycles. The second kappa shape index (κ2) is 3.83. The summed E-state index contributed by atoms with van der Waals surface area (Å²) in [5.41, 5.74) is 1.26. The molecule has 0 bridgehead atoms. The average Bonchev–Trinajstić information content (AvgIpc) is 2.73. The Balaban J connectivity index is 2.20. The molecule has 4 rings (SSSR count). The lowest BCUT2D eigenvalue weighted by atomic mass is 10.1. The number of fused-ring (bicyclic) bond motifs is 4. The van der Waals surface area contributed by atoms with Gasteiger partial charge in [-0.05, 0) is 24.3 Å². The topological polar surface area (TPSA) is 64.8 Å². The highest BCUT2D eigenvalue weighted by Crippen LogP contribution is 2.28. The summed E-state index contributed by atoms with van der Waals surface area (Å²) in [6, 6.07) is 6.86. The number of hydrogen-bond donors (Lipinski definition) is 0. The van der Waals surface area contributed by atoms with Crippen LogP contribution < -0.4 is 5.56 Å². The maximum atomic E-state index is 12.5. The highest BCUT2D eigenvalue weighted by atomic mass is 79.9. The van der Waals surface area contributed by atoms with Crippen molar-refractivity contribution in [3.8, 4) is 5.69 Å². The van der Waals surface area contributed by atoms with Crippen molar-refractivity contribution in [1.29, 1.82) is 0 Å². The van der Waals surface area contributed by atoms with Crippen LogP contribution in [0.15, 0.2) is 45.9 Å². The predicted octanol–water partition coefficient (Wildman–Crippen LogP) is 2.09. The van der Waals surface area contributed by atoms with Crippen LogP contribution in [0.25, 0.3) is 16.6 Å². The molecule has 0 unspecified atom stereocenters. The molecule has 5 nitrogen and oxygen atoms in total. The Kier molecular flexibility index (Phi) is 2.20. The minimum Gasteiger partial charge on any atom is -0.285 e. The molecule has 0 atom stereocenters. The molecule has 1 aromatic carbocycles. The van der Waals surface area contributed by atoms with Crippen molar-refractivity contribution in [2.24, 2.45) is 0 Å². The minimum atomic E-state index is -0.271. The van der Waals surface area contributed by atoms with Crippen molar-refractivity contribution in [3.05, 3.63) is 62.9 Å². The molecule has 6 heteroatoms. The lowest BCUT2D eigenvalue weighted by Crippen LogP contribution is -2.21. The molecule has 0 fully saturated rings. The average molecular weight is 328 g/mol. The fourth-order valence-electron chi connectivity index (χ4n) is 2.41. The Bertz CT molecular complexity index is 962. The number of carbonyl (C=O) groups excluding carboxylic acids is 1. The largest absolute Gasteiger partial charge is 0.285 e. The standard InChI is InChI=1S/C14H6BrN3O2/c15-7-1-2-11-8(5-7)12(19)13-17-10-3-4-16-6-9(10)14(20)18(11)13/h1-6H. The number of halogens is 1. The fourth-order valence-corrected chi connectivity index (χ4v) is 2.77. The molecule has 1 aliphatic heterocycles. The molecule has 1 aliphatic rings. The molecule has 2 aromatic heterocycles. The third-order valence-corrected chi connectivity index (χ3v) is 3.81. The van der Waals surface area contributed by atoms with E-state index in [2.05, 4.69) is 25.9 Å². The Morgan fingerprint density at radius 3 is 2.85 bits per heavy atom. The molecule has 3 aromatic rings. The summed E-state index contributed by atoms with van der Waals surface area (Å²) in [5.74, 6) is -0.0843. The normalized spacial score (nSPS) is 12.6. The van der Waals surface area contributed by atoms with Gasteiger partial charge in [0.05, 0.1) is 22.2 Å². The van der Waals surface area contributed by atoms with Gasteiger partial charge in [-0.1, -0.05) is 15.9 Å². The Morgan fingerprint density at radius 2 is 2.00 bits per heavy atom. The maximum absolute atomic E-state index is 12.5. The van der Waals surface area contributed by atoms with Crippen LogP contribution in [0, 0.1) is 0 Å². The second-order valence-electron chi connectivity index (χ2n) is 4.46. The van der Waals surface area contributed by atoms with Gasteiger partial charge in [0.1, 0.15) is 0 Å². The molecule has 0 radical (unpaired) electrons. The molecule has 3 heterocycles. The third kappa shape index (κ3) is 1.36. The predicted molar refractivity (Wildman–Crippen MR) is 76.3 cm³/mol. The van der Waals surface area contributed by atoms with Gasteiger partial charge >= 0.3 is 0 Å². The summed E-state index contributed by atoms with van der Waals surface area (Å²) in [4.78, 5) is 33.2. The van der Waals surface area contributed by atoms with E-state index in [1.165, 1.54) is 10.8 Å². The second-order valence-corrected chi connectivity index (χ2v) is 5.38. The van der Waals surface area contributed by atoms with Crippen molar-refractivity contribution < 1.29 is 4.79 Å². The summed E-state index contributed by atoms with van der Waals surface area (Å²) in [6.07, 6.45) is 3.02. The van der Waals surface area contributed by atoms with Gasteiger partial charge in [-0.3, -0.25) is 19.1 Å². The van der Waals surface area contributed by atoms with E-state index in [1.54, 1.807) is 30.5 Å². The number of ketones is 1. The summed E-state index contributed by atoms with van der Waals surface area (Å²) in [5, 5.41) is 0.403. The number of hydrogen-bond acceptors (Lipinski definition) is 4. The molecule has 96 valence electrons. The first-order chi connectivity index (χ1) is 9.66. The SMILES string of the molecule is O=C1c2cc(Br)ccc2-n2c1nc1ccncc1c2=O. The number of benzene rings is 1. The highest BCUT2D eigenvalue weighted by molar-refractivity contribution is 9.10. The summed E-state index contributed by atoms with van der Waals surface area (Å²) in [7, 11) is 0. The van der Waals surface area contributed by atoms with Crippen LogP contribution in [0.5, 0.6) is 0 Å². The van der Waals surface area contributed by atoms with E-state index in [4.69, 9.17) is 0 Å². The first-order valence-electron chi connectivity index (χ1n) is 5.88. The van der Waals surface area contributed by atoms with Crippen molar-refractivity contribution in [3.63, 3.8) is 0 Å². The molecule has 0 N–H and O–H groups in total. The minimum absolute atomic E-state index is 0.154. The summed E-state index contributed by atoms with van der Waals surface area (Å²) < 4.78 is 2.14. The van der Waals surface area contributed by atoms with Crippen LogP contribution in [0.1, 0.15) is 16.2 Å². The molecule has 0 saturated heterocycles. The highest BCUT2D eigenvalue weighted by Gasteiger charge is 2.30. The fraction of sp³-hybridized carbons (Fsp3) is 0. The quantitative estimate of drug-likeness (QED) is 0.496. The molecule has 20 heavy (non-hydrogen) atoms. The number of carbonyl (C=O) groups is 1. The van der Waals surface area contributed by atoms with Crippen LogP contribution in [0.3, 0.4) is 0 Å². The van der Waals surface area contributed by atoms with E-state index in [1.807, 2.05) is 0 Å². The van der Waals surface area contributed by atoms with Gasteiger partial charge in [0.2, 0.25) is 5.78 Å². The van der Waals surface area contributed by atoms with Gasteiger partial charge in [-0.2, -0.15) is 0 Å². The number of rotatable bonds is 0. The molecule has 0 amide bonds. The van der Waals surface area contributed by atoms with E-state index < -0.39 is 0 Å². The number of aromatic nitrogens is 3. The first kappa shape index (κ1) is 11.5. The lowest BCUT2D eigenvalue weighted by Gasteiger charge is -2.04. The van der Waals surface area contributed by atoms with Gasteiger partial charge < -0.3 is 0 Å². The van der Waals surface area contributed by atoms with Crippen LogP contribution in [-0.2, 0) is 0 Å². The van der Waals surface area contributed by atoms with Gasteiger partial charge in [0.25, 0.3) is 5.56 Å². The smallest absolute Gasteiger partial charge is 0.267 e. The molecular weight excluding hydrogens is 322 g/mol. The third-order valence-electron chi connectivity index (χ3n) is 3.32. The van der Waals surface area contributed by atoms with Crippen molar-refractivity contribution >= 4 is 32.6 Å². The van der Waals surface area contributed by atoms with Crippen molar-refractivity contribution in [2.75, 3.05) is 0 Å². The zero-order valence-electron chi connectivity index (χ0n) is 10.0. The van der Waals surface area contributed by atoms with E-state index in [0.717, 1.165) is 4.47 Å². The van der Waals surface area contributed by atoms with Crippen LogP contribution in [0.2, 0.25) is 0 Å². The number of pyridine rings is 1. The lowest BCUT2D eigenvalue weighted by molar-refractivity contribution is 0.103. The summed E-state index contributed by atoms with van der Waals surface area (Å²) in [6.45, 7) is 0. The Hall–Kier alpha value is -2.34. The van der Waals surface area contributed by atoms with E-state index in [-0.39, 0.29) is 17.2 Å². The van der Waals surface area contributed by atoms with E-state index in [9.17, 15) is 9.59 Å². The zero-order valence-corrected chi connectivity index (χ0v) is 11.6. The van der Waals surface area contributed by atoms with Gasteiger partial charge in [-0.15, -0.1) is 0 Å². The van der Waals surface area contributed by atoms with Crippen LogP contribution in [0.4, 0.5) is 0 Å². The summed E-state index contributed by atoms with van der Waals surface area (Å²) >= 11 is 3.33. The first-order valence-corrected chi connectivity index (χ1v) is 6.67. The maximum Gasteiger partial charge on any atom is 0.267 e. The van der Waals surface area contributed by atoms with Crippen LogP contribution >= 0.6 is 15.9 Å². The van der Waals surface area contributed by atoms with Crippen LogP contribution in [-0.4, -0.2) is 20.3 Å². The van der Waals surface area contributed by atoms with Gasteiger partial charge in [-0.25, -0.2) is 4.98 Å². The van der Waals surface area contributed by atoms with E-state index >= 15 is 0 Å². The van der Waals surface area contributed by atoms with Crippen molar-refractivity contribution in [2.45, 2.75) is 0 Å². The Labute approximate surface area is 121 Å². The zero-order chi connectivity index (χ0) is 13.9. The van der Waals surface area contributed by atoms with Gasteiger partial charge in [0.15, 0.2) is 5.82 Å². The molecule has 0 spiro atoms. The Morgan fingerprint density at radius 1 is 1.15 bits per heavy atom.